The first-order valence-corrected chi connectivity index (χ1v) is 9.25. The topological polar surface area (TPSA) is 108 Å². The van der Waals surface area contributed by atoms with Gasteiger partial charge >= 0.3 is 0 Å². The van der Waals surface area contributed by atoms with Crippen LogP contribution in [0.4, 0.5) is 11.4 Å². The van der Waals surface area contributed by atoms with E-state index in [1.54, 1.807) is 32.4 Å². The Morgan fingerprint density at radius 3 is 2.55 bits per heavy atom. The average Bonchev–Trinajstić information content (AvgIpc) is 3.07. The van der Waals surface area contributed by atoms with Crippen LogP contribution in [0.5, 0.6) is 0 Å². The number of rotatable bonds is 10. The van der Waals surface area contributed by atoms with Crippen molar-refractivity contribution in [3.05, 3.63) is 58.4 Å². The van der Waals surface area contributed by atoms with Gasteiger partial charge in [0.25, 0.3) is 5.69 Å². The van der Waals surface area contributed by atoms with Crippen LogP contribution >= 0.6 is 0 Å². The Bertz CT molecular complexity index is 980. The molecular weight excluding hydrogens is 374 g/mol. The van der Waals surface area contributed by atoms with E-state index in [0.717, 1.165) is 11.3 Å². The molecule has 9 nitrogen and oxygen atoms in total. The van der Waals surface area contributed by atoms with E-state index < -0.39 is 4.92 Å². The predicted octanol–water partition coefficient (Wildman–Crippen LogP) is 2.59. The fourth-order valence-electron chi connectivity index (χ4n) is 3.18. The number of hydrogen-bond donors (Lipinski definition) is 1. The minimum atomic E-state index is -0.402. The third-order valence-corrected chi connectivity index (χ3v) is 4.67. The van der Waals surface area contributed by atoms with Crippen LogP contribution in [-0.2, 0) is 16.0 Å². The highest BCUT2D eigenvalue weighted by atomic mass is 16.6. The number of non-ortho nitro benzene ring substituents is 1. The van der Waals surface area contributed by atoms with Crippen LogP contribution in [0.25, 0.3) is 16.9 Å². The Morgan fingerprint density at radius 1 is 1.17 bits per heavy atom. The van der Waals surface area contributed by atoms with E-state index in [2.05, 4.69) is 4.90 Å². The first-order chi connectivity index (χ1) is 14.0. The maximum Gasteiger partial charge on any atom is 0.270 e. The molecule has 0 aliphatic heterocycles. The second-order valence-corrected chi connectivity index (χ2v) is 6.67. The molecule has 0 amide bonds. The molecule has 2 N–H and O–H groups in total. The summed E-state index contributed by atoms with van der Waals surface area (Å²) in [4.78, 5) is 17.8. The maximum absolute atomic E-state index is 11.2. The van der Waals surface area contributed by atoms with Crippen molar-refractivity contribution >= 4 is 17.0 Å². The minimum absolute atomic E-state index is 0.0284. The molecule has 0 unspecified atom stereocenters. The number of hydrogen-bond acceptors (Lipinski definition) is 7. The van der Waals surface area contributed by atoms with Crippen molar-refractivity contribution in [1.29, 1.82) is 0 Å². The molecule has 0 fully saturated rings. The van der Waals surface area contributed by atoms with E-state index in [9.17, 15) is 10.1 Å². The van der Waals surface area contributed by atoms with Crippen LogP contribution in [-0.4, -0.2) is 59.7 Å². The van der Waals surface area contributed by atoms with Gasteiger partial charge in [0, 0.05) is 63.4 Å². The number of fused-ring (bicyclic) bond motifs is 1. The van der Waals surface area contributed by atoms with Gasteiger partial charge in [0.2, 0.25) is 0 Å². The van der Waals surface area contributed by atoms with Crippen molar-refractivity contribution in [3.63, 3.8) is 0 Å². The highest BCUT2D eigenvalue weighted by Crippen LogP contribution is 2.29. The van der Waals surface area contributed by atoms with Crippen LogP contribution < -0.4 is 5.73 Å². The van der Waals surface area contributed by atoms with Crippen LogP contribution in [0.3, 0.4) is 0 Å². The number of aromatic nitrogens is 2. The summed E-state index contributed by atoms with van der Waals surface area (Å²) in [5.74, 6) is 0. The second kappa shape index (κ2) is 9.46. The summed E-state index contributed by atoms with van der Waals surface area (Å²) in [7, 11) is 3.33. The smallest absolute Gasteiger partial charge is 0.270 e. The van der Waals surface area contributed by atoms with Crippen molar-refractivity contribution < 1.29 is 14.4 Å². The summed E-state index contributed by atoms with van der Waals surface area (Å²) in [6.07, 6.45) is 1.82. The number of nitrogens with two attached hydrogens (primary N) is 1. The molecule has 0 atom stereocenters. The van der Waals surface area contributed by atoms with Gasteiger partial charge in [-0.3, -0.25) is 15.0 Å². The van der Waals surface area contributed by atoms with Gasteiger partial charge in [0.05, 0.1) is 29.5 Å². The van der Waals surface area contributed by atoms with Gasteiger partial charge in [0.1, 0.15) is 5.65 Å². The number of nitro groups is 1. The number of nitrogens with zero attached hydrogens (tertiary/aromatic N) is 4. The van der Waals surface area contributed by atoms with E-state index in [0.29, 0.717) is 49.8 Å². The van der Waals surface area contributed by atoms with E-state index in [1.165, 1.54) is 6.07 Å². The molecule has 0 saturated carbocycles. The van der Waals surface area contributed by atoms with Gasteiger partial charge in [-0.05, 0) is 12.1 Å². The van der Waals surface area contributed by atoms with Crippen LogP contribution in [0, 0.1) is 10.1 Å². The van der Waals surface area contributed by atoms with Gasteiger partial charge < -0.3 is 19.6 Å². The third kappa shape index (κ3) is 4.89. The molecule has 154 valence electrons. The molecule has 0 bridgehead atoms. The molecule has 9 heteroatoms. The van der Waals surface area contributed by atoms with Crippen molar-refractivity contribution in [2.24, 2.45) is 0 Å². The summed E-state index contributed by atoms with van der Waals surface area (Å²) in [5, 5.41) is 11.2. The number of ether oxygens (including phenoxy) is 2. The molecular formula is C20H25N5O4. The summed E-state index contributed by atoms with van der Waals surface area (Å²) in [6.45, 7) is 3.15. The van der Waals surface area contributed by atoms with Gasteiger partial charge in [0.15, 0.2) is 0 Å². The Hall–Kier alpha value is -3.01. The normalized spacial score (nSPS) is 11.4. The SMILES string of the molecule is COCCN(CCOC)Cc1c(-c2cccc([N+](=O)[O-])c2)nc2ccc(N)cn12. The maximum atomic E-state index is 11.2. The first kappa shape index (κ1) is 20.7. The molecule has 0 aliphatic rings. The molecule has 3 aromatic rings. The Kier molecular flexibility index (Phi) is 6.76. The standard InChI is InChI=1S/C20H25N5O4/c1-28-10-8-23(9-11-29-2)14-18-20(15-4-3-5-17(12-15)25(26)27)22-19-7-6-16(21)13-24(18)19/h3-7,12-13H,8-11,14,21H2,1-2H3. The fraction of sp³-hybridized carbons (Fsp3) is 0.350. The highest BCUT2D eigenvalue weighted by molar-refractivity contribution is 5.69. The van der Waals surface area contributed by atoms with Gasteiger partial charge in [-0.15, -0.1) is 0 Å². The largest absolute Gasteiger partial charge is 0.398 e. The summed E-state index contributed by atoms with van der Waals surface area (Å²) in [6, 6.07) is 10.1. The number of methoxy groups -OCH3 is 2. The zero-order valence-corrected chi connectivity index (χ0v) is 16.6. The Morgan fingerprint density at radius 2 is 1.90 bits per heavy atom. The van der Waals surface area contributed by atoms with Crippen LogP contribution in [0.15, 0.2) is 42.6 Å². The van der Waals surface area contributed by atoms with Gasteiger partial charge in [-0.25, -0.2) is 4.98 Å². The summed E-state index contributed by atoms with van der Waals surface area (Å²) >= 11 is 0. The minimum Gasteiger partial charge on any atom is -0.398 e. The van der Waals surface area contributed by atoms with Crippen LogP contribution in [0.1, 0.15) is 5.69 Å². The van der Waals surface area contributed by atoms with Crippen molar-refractivity contribution in [2.75, 3.05) is 46.3 Å². The molecule has 2 aromatic heterocycles. The number of pyridine rings is 1. The van der Waals surface area contributed by atoms with E-state index in [-0.39, 0.29) is 5.69 Å². The number of nitrogen functional groups attached to an aromatic ring is 1. The monoisotopic (exact) mass is 399 g/mol. The summed E-state index contributed by atoms with van der Waals surface area (Å²) < 4.78 is 12.4. The molecule has 0 radical (unpaired) electrons. The zero-order valence-electron chi connectivity index (χ0n) is 16.6. The quantitative estimate of drug-likeness (QED) is 0.412. The third-order valence-electron chi connectivity index (χ3n) is 4.67. The number of nitro benzene ring substituents is 1. The molecule has 1 aromatic carbocycles. The number of anilines is 1. The molecule has 2 heterocycles. The van der Waals surface area contributed by atoms with E-state index in [4.69, 9.17) is 20.2 Å². The molecule has 0 aliphatic carbocycles. The molecule has 0 saturated heterocycles. The molecule has 29 heavy (non-hydrogen) atoms. The lowest BCUT2D eigenvalue weighted by Crippen LogP contribution is -2.31. The van der Waals surface area contributed by atoms with Crippen molar-refractivity contribution in [1.82, 2.24) is 14.3 Å². The van der Waals surface area contributed by atoms with Crippen LogP contribution in [0.2, 0.25) is 0 Å². The van der Waals surface area contributed by atoms with E-state index >= 15 is 0 Å². The van der Waals surface area contributed by atoms with E-state index in [1.807, 2.05) is 22.7 Å². The second-order valence-electron chi connectivity index (χ2n) is 6.67. The number of imidazole rings is 1. The number of benzene rings is 1. The molecule has 0 spiro atoms. The van der Waals surface area contributed by atoms with Crippen molar-refractivity contribution in [2.45, 2.75) is 6.54 Å². The Labute approximate surface area is 168 Å². The fourth-order valence-corrected chi connectivity index (χ4v) is 3.18. The average molecular weight is 399 g/mol. The summed E-state index contributed by atoms with van der Waals surface area (Å²) in [5.41, 5.74) is 9.66. The Balaban J connectivity index is 2.07. The zero-order chi connectivity index (χ0) is 20.8. The predicted molar refractivity (Wildman–Crippen MR) is 111 cm³/mol. The van der Waals surface area contributed by atoms with Crippen molar-refractivity contribution in [3.8, 4) is 11.3 Å². The molecule has 3 rings (SSSR count). The first-order valence-electron chi connectivity index (χ1n) is 9.25. The lowest BCUT2D eigenvalue weighted by atomic mass is 10.1. The van der Waals surface area contributed by atoms with Gasteiger partial charge in [-0.2, -0.15) is 0 Å². The van der Waals surface area contributed by atoms with Gasteiger partial charge in [-0.1, -0.05) is 12.1 Å². The lowest BCUT2D eigenvalue weighted by molar-refractivity contribution is -0.384. The highest BCUT2D eigenvalue weighted by Gasteiger charge is 2.19. The lowest BCUT2D eigenvalue weighted by Gasteiger charge is -2.22.